The number of aromatic nitrogens is 1. The lowest BCUT2D eigenvalue weighted by Gasteiger charge is -2.48. The largest absolute Gasteiger partial charge is 0.333 e. The summed E-state index contributed by atoms with van der Waals surface area (Å²) in [6.07, 6.45) is 7.01. The third kappa shape index (κ3) is 2.80. The minimum Gasteiger partial charge on any atom is -0.333 e. The SMILES string of the molecule is [C-]#[N+]C1=C[C@@]2(c3ccccc3)C(=O)N(Cc3cccnc3)CC=C2C(C)(C)C1=O. The van der Waals surface area contributed by atoms with Crippen LogP contribution in [0, 0.1) is 12.0 Å². The summed E-state index contributed by atoms with van der Waals surface area (Å²) in [5, 5.41) is 0. The van der Waals surface area contributed by atoms with Gasteiger partial charge >= 0.3 is 0 Å². The van der Waals surface area contributed by atoms with Crippen molar-refractivity contribution >= 4 is 11.7 Å². The molecule has 0 spiro atoms. The van der Waals surface area contributed by atoms with Crippen LogP contribution >= 0.6 is 0 Å². The number of hydrogen-bond acceptors (Lipinski definition) is 3. The average Bonchev–Trinajstić information content (AvgIpc) is 2.74. The van der Waals surface area contributed by atoms with Gasteiger partial charge in [-0.15, -0.1) is 0 Å². The zero-order chi connectivity index (χ0) is 20.6. The Hall–Kier alpha value is -3.52. The molecule has 0 saturated carbocycles. The first-order valence-electron chi connectivity index (χ1n) is 9.51. The summed E-state index contributed by atoms with van der Waals surface area (Å²) in [6.45, 7) is 12.0. The van der Waals surface area contributed by atoms with Crippen LogP contribution in [-0.2, 0) is 21.5 Å². The highest BCUT2D eigenvalue weighted by Gasteiger charge is 2.56. The Morgan fingerprint density at radius 1 is 1.14 bits per heavy atom. The summed E-state index contributed by atoms with van der Waals surface area (Å²) in [5.41, 5.74) is 0.392. The minimum absolute atomic E-state index is 0.0209. The van der Waals surface area contributed by atoms with Crippen molar-refractivity contribution in [3.63, 3.8) is 0 Å². The van der Waals surface area contributed by atoms with Gasteiger partial charge in [-0.3, -0.25) is 9.78 Å². The Morgan fingerprint density at radius 2 is 1.90 bits per heavy atom. The Bertz CT molecular complexity index is 1080. The van der Waals surface area contributed by atoms with E-state index in [2.05, 4.69) is 9.83 Å². The van der Waals surface area contributed by atoms with Crippen LogP contribution < -0.4 is 0 Å². The summed E-state index contributed by atoms with van der Waals surface area (Å²) < 4.78 is 0. The molecule has 0 unspecified atom stereocenters. The van der Waals surface area contributed by atoms with Crippen molar-refractivity contribution in [1.29, 1.82) is 0 Å². The van der Waals surface area contributed by atoms with Crippen molar-refractivity contribution in [1.82, 2.24) is 9.88 Å². The lowest BCUT2D eigenvalue weighted by molar-refractivity contribution is -0.136. The molecule has 0 bridgehead atoms. The third-order valence-corrected chi connectivity index (χ3v) is 5.84. The molecule has 1 aromatic carbocycles. The molecule has 1 atom stereocenters. The lowest BCUT2D eigenvalue weighted by Crippen LogP contribution is -2.56. The monoisotopic (exact) mass is 383 g/mol. The van der Waals surface area contributed by atoms with Crippen molar-refractivity contribution in [3.8, 4) is 0 Å². The fraction of sp³-hybridized carbons (Fsp3) is 0.250. The summed E-state index contributed by atoms with van der Waals surface area (Å²) in [7, 11) is 0. The van der Waals surface area contributed by atoms with Crippen LogP contribution in [0.3, 0.4) is 0 Å². The molecule has 0 fully saturated rings. The number of ketones is 1. The van der Waals surface area contributed by atoms with E-state index in [0.717, 1.165) is 16.7 Å². The van der Waals surface area contributed by atoms with E-state index in [1.807, 2.05) is 48.5 Å². The van der Waals surface area contributed by atoms with Crippen LogP contribution in [0.25, 0.3) is 4.85 Å². The summed E-state index contributed by atoms with van der Waals surface area (Å²) in [6, 6.07) is 13.2. The number of nitrogens with zero attached hydrogens (tertiary/aromatic N) is 3. The molecular weight excluding hydrogens is 362 g/mol. The normalized spacial score (nSPS) is 23.0. The molecule has 1 amide bonds. The molecule has 29 heavy (non-hydrogen) atoms. The fourth-order valence-electron chi connectivity index (χ4n) is 4.41. The van der Waals surface area contributed by atoms with Gasteiger partial charge in [-0.1, -0.05) is 62.4 Å². The van der Waals surface area contributed by atoms with Gasteiger partial charge in [-0.05, 0) is 22.8 Å². The number of carbonyl (C=O) groups excluding carboxylic acids is 2. The Balaban J connectivity index is 1.92. The molecule has 4 rings (SSSR count). The topological polar surface area (TPSA) is 54.6 Å². The first kappa shape index (κ1) is 18.8. The molecule has 144 valence electrons. The number of pyridine rings is 1. The van der Waals surface area contributed by atoms with E-state index in [4.69, 9.17) is 6.57 Å². The van der Waals surface area contributed by atoms with Gasteiger partial charge in [0.15, 0.2) is 5.78 Å². The fourth-order valence-corrected chi connectivity index (χ4v) is 4.41. The van der Waals surface area contributed by atoms with E-state index in [1.165, 1.54) is 0 Å². The second kappa shape index (κ2) is 6.82. The van der Waals surface area contributed by atoms with Gasteiger partial charge in [-0.25, -0.2) is 4.85 Å². The van der Waals surface area contributed by atoms with E-state index in [9.17, 15) is 9.59 Å². The van der Waals surface area contributed by atoms with Crippen molar-refractivity contribution < 1.29 is 9.59 Å². The standard InChI is InChI=1S/C24H21N3O2/c1-23(2)20-11-13-27(16-17-8-7-12-26-15-17)22(29)24(20,14-19(25-3)21(23)28)18-9-5-4-6-10-18/h4-12,14-15H,13,16H2,1-2H3/t24-/m0/s1. The highest BCUT2D eigenvalue weighted by molar-refractivity contribution is 6.10. The highest BCUT2D eigenvalue weighted by atomic mass is 16.2. The van der Waals surface area contributed by atoms with Gasteiger partial charge in [0.05, 0.1) is 6.57 Å². The molecule has 0 N–H and O–H groups in total. The number of rotatable bonds is 3. The van der Waals surface area contributed by atoms with E-state index in [-0.39, 0.29) is 17.4 Å². The van der Waals surface area contributed by atoms with E-state index in [0.29, 0.717) is 13.1 Å². The number of carbonyl (C=O) groups is 2. The summed E-state index contributed by atoms with van der Waals surface area (Å²) >= 11 is 0. The number of Topliss-reactive ketones (excluding diaryl/α,β-unsaturated/α-hetero) is 1. The lowest BCUT2D eigenvalue weighted by atomic mass is 9.57. The molecule has 0 saturated heterocycles. The van der Waals surface area contributed by atoms with Gasteiger partial charge in [-0.2, -0.15) is 0 Å². The molecule has 1 aromatic heterocycles. The van der Waals surface area contributed by atoms with Crippen LogP contribution in [0.4, 0.5) is 0 Å². The number of amides is 1. The molecule has 1 aliphatic heterocycles. The molecule has 5 heteroatoms. The van der Waals surface area contributed by atoms with Crippen molar-refractivity contribution in [2.75, 3.05) is 6.54 Å². The van der Waals surface area contributed by atoms with E-state index in [1.54, 1.807) is 37.2 Å². The zero-order valence-corrected chi connectivity index (χ0v) is 16.4. The maximum Gasteiger partial charge on any atom is 0.240 e. The second-order valence-electron chi connectivity index (χ2n) is 7.93. The Kier molecular flexibility index (Phi) is 4.43. The molecule has 0 radical (unpaired) electrons. The first-order chi connectivity index (χ1) is 13.9. The van der Waals surface area contributed by atoms with Crippen molar-refractivity contribution in [3.05, 3.63) is 101 Å². The van der Waals surface area contributed by atoms with Crippen molar-refractivity contribution in [2.24, 2.45) is 5.41 Å². The Morgan fingerprint density at radius 3 is 2.55 bits per heavy atom. The number of hydrogen-bond donors (Lipinski definition) is 0. The molecule has 2 aromatic rings. The van der Waals surface area contributed by atoms with Gasteiger partial charge in [0, 0.05) is 30.9 Å². The smallest absolute Gasteiger partial charge is 0.240 e. The Labute approximate surface area is 170 Å². The number of allylic oxidation sites excluding steroid dienone is 1. The van der Waals surface area contributed by atoms with Gasteiger partial charge in [0.1, 0.15) is 5.41 Å². The third-order valence-electron chi connectivity index (χ3n) is 5.84. The zero-order valence-electron chi connectivity index (χ0n) is 16.4. The summed E-state index contributed by atoms with van der Waals surface area (Å²) in [5.74, 6) is -0.356. The van der Waals surface area contributed by atoms with E-state index >= 15 is 0 Å². The molecule has 2 heterocycles. The predicted octanol–water partition coefficient (Wildman–Crippen LogP) is 3.70. The predicted molar refractivity (Wildman–Crippen MR) is 109 cm³/mol. The second-order valence-corrected chi connectivity index (χ2v) is 7.93. The highest BCUT2D eigenvalue weighted by Crippen LogP contribution is 2.52. The van der Waals surface area contributed by atoms with Gasteiger partial charge < -0.3 is 9.69 Å². The van der Waals surface area contributed by atoms with Crippen LogP contribution in [0.5, 0.6) is 0 Å². The van der Waals surface area contributed by atoms with E-state index < -0.39 is 10.8 Å². The molecule has 5 nitrogen and oxygen atoms in total. The van der Waals surface area contributed by atoms with Crippen LogP contribution in [-0.4, -0.2) is 28.1 Å². The quantitative estimate of drug-likeness (QED) is 0.600. The van der Waals surface area contributed by atoms with Crippen LogP contribution in [0.2, 0.25) is 0 Å². The van der Waals surface area contributed by atoms with Crippen LogP contribution in [0.1, 0.15) is 25.0 Å². The number of benzene rings is 1. The first-order valence-corrected chi connectivity index (χ1v) is 9.51. The molecular formula is C24H21N3O2. The maximum absolute atomic E-state index is 13.9. The van der Waals surface area contributed by atoms with Gasteiger partial charge in [0.2, 0.25) is 11.6 Å². The van der Waals surface area contributed by atoms with Crippen LogP contribution in [0.15, 0.2) is 78.3 Å². The number of fused-ring (bicyclic) bond motifs is 1. The van der Waals surface area contributed by atoms with Crippen molar-refractivity contribution in [2.45, 2.75) is 25.8 Å². The maximum atomic E-state index is 13.9. The minimum atomic E-state index is -1.15. The average molecular weight is 383 g/mol. The molecule has 1 aliphatic carbocycles. The van der Waals surface area contributed by atoms with Gasteiger partial charge in [0.25, 0.3) is 0 Å². The summed E-state index contributed by atoms with van der Waals surface area (Å²) in [4.78, 5) is 36.3. The molecule has 2 aliphatic rings.